The molecule has 19 heavy (non-hydrogen) atoms. The molecule has 114 valence electrons. The number of piperidine rings is 1. The van der Waals surface area contributed by atoms with Gasteiger partial charge in [-0.3, -0.25) is 0 Å². The smallest absolute Gasteiger partial charge is 0.211 e. The van der Waals surface area contributed by atoms with Gasteiger partial charge in [0.2, 0.25) is 10.0 Å². The fraction of sp³-hybridized carbons (Fsp3) is 1.00. The Bertz CT molecular complexity index is 355. The maximum atomic E-state index is 12.0. The Balaban J connectivity index is 2.35. The molecule has 1 saturated heterocycles. The van der Waals surface area contributed by atoms with Crippen molar-refractivity contribution in [3.05, 3.63) is 0 Å². The zero-order valence-electron chi connectivity index (χ0n) is 12.5. The second-order valence-corrected chi connectivity index (χ2v) is 8.53. The van der Waals surface area contributed by atoms with Crippen LogP contribution in [-0.2, 0) is 10.0 Å². The number of nitrogens with zero attached hydrogens (tertiary/aromatic N) is 1. The van der Waals surface area contributed by atoms with E-state index in [0.717, 1.165) is 32.5 Å². The summed E-state index contributed by atoms with van der Waals surface area (Å²) < 4.78 is 26.9. The van der Waals surface area contributed by atoms with Crippen LogP contribution in [0.15, 0.2) is 0 Å². The number of rotatable bonds is 6. The van der Waals surface area contributed by atoms with E-state index in [1.54, 1.807) is 0 Å². The molecule has 0 aromatic carbocycles. The van der Waals surface area contributed by atoms with Crippen molar-refractivity contribution in [1.82, 2.24) is 9.62 Å². The Labute approximate surface area is 118 Å². The normalized spacial score (nSPS) is 19.8. The second kappa shape index (κ2) is 7.02. The van der Waals surface area contributed by atoms with E-state index in [1.807, 2.05) is 0 Å². The van der Waals surface area contributed by atoms with Gasteiger partial charge in [-0.1, -0.05) is 20.8 Å². The minimum absolute atomic E-state index is 0.0548. The maximum absolute atomic E-state index is 12.0. The molecule has 5 nitrogen and oxygen atoms in total. The third kappa shape index (κ3) is 7.25. The maximum Gasteiger partial charge on any atom is 0.211 e. The van der Waals surface area contributed by atoms with Gasteiger partial charge >= 0.3 is 0 Å². The molecule has 1 fully saturated rings. The molecule has 0 spiro atoms. The lowest BCUT2D eigenvalue weighted by Crippen LogP contribution is -2.46. The van der Waals surface area contributed by atoms with Gasteiger partial charge in [-0.2, -0.15) is 0 Å². The first-order valence-electron chi connectivity index (χ1n) is 7.14. The molecule has 3 N–H and O–H groups in total. The summed E-state index contributed by atoms with van der Waals surface area (Å²) >= 11 is 0. The van der Waals surface area contributed by atoms with Crippen LogP contribution in [0.3, 0.4) is 0 Å². The number of hydrogen-bond donors (Lipinski definition) is 2. The molecule has 6 heteroatoms. The number of likely N-dealkylation sites (tertiary alicyclic amines) is 1. The van der Waals surface area contributed by atoms with E-state index in [1.165, 1.54) is 0 Å². The quantitative estimate of drug-likeness (QED) is 0.758. The van der Waals surface area contributed by atoms with E-state index < -0.39 is 10.0 Å². The molecule has 0 bridgehead atoms. The third-order valence-electron chi connectivity index (χ3n) is 3.50. The highest BCUT2D eigenvalue weighted by atomic mass is 32.2. The van der Waals surface area contributed by atoms with Gasteiger partial charge in [0.25, 0.3) is 0 Å². The predicted molar refractivity (Wildman–Crippen MR) is 79.5 cm³/mol. The van der Waals surface area contributed by atoms with Crippen LogP contribution in [0.4, 0.5) is 0 Å². The molecule has 0 saturated carbocycles. The molecule has 0 aromatic heterocycles. The monoisotopic (exact) mass is 291 g/mol. The molecule has 0 aliphatic carbocycles. The molecule has 1 aliphatic rings. The van der Waals surface area contributed by atoms with Crippen LogP contribution < -0.4 is 10.5 Å². The largest absolute Gasteiger partial charge is 0.329 e. The summed E-state index contributed by atoms with van der Waals surface area (Å²) in [6, 6.07) is 0.0963. The molecule has 0 amide bonds. The number of sulfonamides is 1. The van der Waals surface area contributed by atoms with Crippen molar-refractivity contribution in [2.24, 2.45) is 11.1 Å². The van der Waals surface area contributed by atoms with E-state index in [-0.39, 0.29) is 17.2 Å². The number of nitrogens with two attached hydrogens (primary N) is 1. The van der Waals surface area contributed by atoms with Gasteiger partial charge in [0.1, 0.15) is 0 Å². The van der Waals surface area contributed by atoms with Gasteiger partial charge in [0.05, 0.1) is 5.75 Å². The Morgan fingerprint density at radius 1 is 1.26 bits per heavy atom. The van der Waals surface area contributed by atoms with Gasteiger partial charge < -0.3 is 10.6 Å². The first kappa shape index (κ1) is 16.9. The first-order valence-corrected chi connectivity index (χ1v) is 8.79. The molecule has 0 aromatic rings. The van der Waals surface area contributed by atoms with Crippen molar-refractivity contribution in [3.8, 4) is 0 Å². The van der Waals surface area contributed by atoms with Gasteiger partial charge in [-0.15, -0.1) is 0 Å². The number of hydrogen-bond acceptors (Lipinski definition) is 4. The topological polar surface area (TPSA) is 75.4 Å². The van der Waals surface area contributed by atoms with Crippen LogP contribution in [0.25, 0.3) is 0 Å². The van der Waals surface area contributed by atoms with Gasteiger partial charge in [-0.05, 0) is 37.8 Å². The first-order chi connectivity index (χ1) is 8.72. The molecule has 0 unspecified atom stereocenters. The summed E-state index contributed by atoms with van der Waals surface area (Å²) in [5, 5.41) is 0. The van der Waals surface area contributed by atoms with Crippen molar-refractivity contribution < 1.29 is 8.42 Å². The van der Waals surface area contributed by atoms with Crippen LogP contribution in [0.5, 0.6) is 0 Å². The SMILES string of the molecule is CC(C)(C)CCS(=O)(=O)NC1CCN(CCN)CC1. The number of nitrogens with one attached hydrogen (secondary N) is 1. The highest BCUT2D eigenvalue weighted by Crippen LogP contribution is 2.19. The summed E-state index contributed by atoms with van der Waals surface area (Å²) in [5.74, 6) is 0.222. The molecule has 1 heterocycles. The molecular weight excluding hydrogens is 262 g/mol. The lowest BCUT2D eigenvalue weighted by molar-refractivity contribution is 0.212. The average molecular weight is 291 g/mol. The van der Waals surface area contributed by atoms with Crippen LogP contribution in [-0.4, -0.2) is 51.3 Å². The Hall–Kier alpha value is -0.170. The van der Waals surface area contributed by atoms with Crippen molar-refractivity contribution in [3.63, 3.8) is 0 Å². The molecule has 0 atom stereocenters. The van der Waals surface area contributed by atoms with Gasteiger partial charge in [0, 0.05) is 19.1 Å². The average Bonchev–Trinajstić information content (AvgIpc) is 2.29. The minimum Gasteiger partial charge on any atom is -0.329 e. The van der Waals surface area contributed by atoms with Crippen LogP contribution in [0, 0.1) is 5.41 Å². The van der Waals surface area contributed by atoms with E-state index in [0.29, 0.717) is 13.0 Å². The Morgan fingerprint density at radius 3 is 2.32 bits per heavy atom. The molecule has 1 rings (SSSR count). The highest BCUT2D eigenvalue weighted by Gasteiger charge is 2.24. The van der Waals surface area contributed by atoms with Crippen LogP contribution in [0.1, 0.15) is 40.0 Å². The zero-order valence-corrected chi connectivity index (χ0v) is 13.3. The van der Waals surface area contributed by atoms with Crippen molar-refractivity contribution >= 4 is 10.0 Å². The fourth-order valence-electron chi connectivity index (χ4n) is 2.21. The van der Waals surface area contributed by atoms with Gasteiger partial charge in [0.15, 0.2) is 0 Å². The Kier molecular flexibility index (Phi) is 6.23. The van der Waals surface area contributed by atoms with E-state index in [4.69, 9.17) is 5.73 Å². The van der Waals surface area contributed by atoms with Crippen molar-refractivity contribution in [2.45, 2.75) is 46.1 Å². The van der Waals surface area contributed by atoms with Crippen molar-refractivity contribution in [2.75, 3.05) is 31.9 Å². The summed E-state index contributed by atoms with van der Waals surface area (Å²) in [6.45, 7) is 9.63. The molecule has 1 aliphatic heterocycles. The highest BCUT2D eigenvalue weighted by molar-refractivity contribution is 7.89. The standard InChI is InChI=1S/C13H29N3O2S/c1-13(2,3)6-11-19(17,18)15-12-4-8-16(9-5-12)10-7-14/h12,15H,4-11,14H2,1-3H3. The lowest BCUT2D eigenvalue weighted by Gasteiger charge is -2.32. The van der Waals surface area contributed by atoms with Crippen LogP contribution >= 0.6 is 0 Å². The summed E-state index contributed by atoms with van der Waals surface area (Å²) in [6.07, 6.45) is 2.46. The summed E-state index contributed by atoms with van der Waals surface area (Å²) in [7, 11) is -3.14. The van der Waals surface area contributed by atoms with E-state index >= 15 is 0 Å². The zero-order chi connectivity index (χ0) is 14.5. The second-order valence-electron chi connectivity index (χ2n) is 6.65. The molecule has 0 radical (unpaired) electrons. The summed E-state index contributed by atoms with van der Waals surface area (Å²) in [5.41, 5.74) is 5.58. The van der Waals surface area contributed by atoms with Gasteiger partial charge in [-0.25, -0.2) is 13.1 Å². The van der Waals surface area contributed by atoms with E-state index in [9.17, 15) is 8.42 Å². The third-order valence-corrected chi connectivity index (χ3v) is 4.93. The van der Waals surface area contributed by atoms with Crippen molar-refractivity contribution in [1.29, 1.82) is 0 Å². The predicted octanol–water partition coefficient (Wildman–Crippen LogP) is 0.765. The summed E-state index contributed by atoms with van der Waals surface area (Å²) in [4.78, 5) is 2.29. The van der Waals surface area contributed by atoms with Crippen LogP contribution in [0.2, 0.25) is 0 Å². The fourth-order valence-corrected chi connectivity index (χ4v) is 3.95. The molecular formula is C13H29N3O2S. The lowest BCUT2D eigenvalue weighted by atomic mass is 9.94. The van der Waals surface area contributed by atoms with E-state index in [2.05, 4.69) is 30.4 Å². The minimum atomic E-state index is -3.14. The Morgan fingerprint density at radius 2 is 1.84 bits per heavy atom.